The van der Waals surface area contributed by atoms with E-state index >= 15 is 0 Å². The number of aryl methyl sites for hydroxylation is 1. The Morgan fingerprint density at radius 3 is 2.64 bits per heavy atom. The van der Waals surface area contributed by atoms with Crippen LogP contribution in [-0.2, 0) is 6.42 Å². The molecule has 2 aromatic rings. The molecule has 116 valence electrons. The van der Waals surface area contributed by atoms with Crippen LogP contribution in [0.5, 0.6) is 5.75 Å². The molecule has 0 spiro atoms. The lowest BCUT2D eigenvalue weighted by atomic mass is 10.1. The highest BCUT2D eigenvalue weighted by molar-refractivity contribution is 9.10. The van der Waals surface area contributed by atoms with Gasteiger partial charge >= 0.3 is 0 Å². The predicted octanol–water partition coefficient (Wildman–Crippen LogP) is 4.21. The van der Waals surface area contributed by atoms with E-state index in [1.54, 1.807) is 0 Å². The fraction of sp³-hybridized carbons (Fsp3) is 0.278. The van der Waals surface area contributed by atoms with Gasteiger partial charge in [-0.1, -0.05) is 30.3 Å². The second-order valence-corrected chi connectivity index (χ2v) is 5.73. The minimum atomic E-state index is -0.0504. The Bertz CT molecular complexity index is 628. The fourth-order valence-corrected chi connectivity index (χ4v) is 2.69. The zero-order valence-electron chi connectivity index (χ0n) is 12.6. The van der Waals surface area contributed by atoms with E-state index in [1.165, 1.54) is 5.56 Å². The molecule has 2 rings (SSSR count). The Labute approximate surface area is 139 Å². The van der Waals surface area contributed by atoms with Crippen molar-refractivity contribution in [2.45, 2.75) is 19.8 Å². The fourth-order valence-electron chi connectivity index (χ4n) is 2.23. The molecule has 4 heteroatoms. The molecule has 0 atom stereocenters. The lowest BCUT2D eigenvalue weighted by Gasteiger charge is -2.10. The van der Waals surface area contributed by atoms with Crippen molar-refractivity contribution in [3.05, 3.63) is 64.1 Å². The standard InChI is InChI=1S/C18H20BrNO2/c1-2-22-17-12-6-3-8-14(17)9-7-13-20-18(21)15-10-4-5-11-16(15)19/h3-6,8,10-12H,2,7,9,13H2,1H3,(H,20,21). The monoisotopic (exact) mass is 361 g/mol. The van der Waals surface area contributed by atoms with Gasteiger partial charge in [-0.05, 0) is 59.5 Å². The Hall–Kier alpha value is -1.81. The quantitative estimate of drug-likeness (QED) is 0.750. The molecule has 0 bridgehead atoms. The third kappa shape index (κ3) is 4.60. The molecule has 1 amide bonds. The normalized spacial score (nSPS) is 10.3. The molecule has 3 nitrogen and oxygen atoms in total. The smallest absolute Gasteiger partial charge is 0.252 e. The molecular weight excluding hydrogens is 342 g/mol. The third-order valence-corrected chi connectivity index (χ3v) is 3.99. The number of hydrogen-bond donors (Lipinski definition) is 1. The van der Waals surface area contributed by atoms with E-state index in [1.807, 2.05) is 49.4 Å². The Kier molecular flexibility index (Phi) is 6.46. The number of nitrogens with one attached hydrogen (secondary N) is 1. The average Bonchev–Trinajstić information content (AvgIpc) is 2.53. The summed E-state index contributed by atoms with van der Waals surface area (Å²) in [5, 5.41) is 2.95. The van der Waals surface area contributed by atoms with Crippen LogP contribution in [-0.4, -0.2) is 19.1 Å². The van der Waals surface area contributed by atoms with Gasteiger partial charge in [0.25, 0.3) is 5.91 Å². The van der Waals surface area contributed by atoms with Crippen molar-refractivity contribution in [2.75, 3.05) is 13.2 Å². The van der Waals surface area contributed by atoms with Crippen molar-refractivity contribution in [1.82, 2.24) is 5.32 Å². The van der Waals surface area contributed by atoms with Gasteiger partial charge in [0.1, 0.15) is 5.75 Å². The summed E-state index contributed by atoms with van der Waals surface area (Å²) in [5.41, 5.74) is 1.84. The van der Waals surface area contributed by atoms with Gasteiger partial charge < -0.3 is 10.1 Å². The maximum absolute atomic E-state index is 12.1. The highest BCUT2D eigenvalue weighted by Gasteiger charge is 2.08. The second-order valence-electron chi connectivity index (χ2n) is 4.88. The largest absolute Gasteiger partial charge is 0.494 e. The summed E-state index contributed by atoms with van der Waals surface area (Å²) in [5.74, 6) is 0.882. The van der Waals surface area contributed by atoms with Crippen LogP contribution in [0.1, 0.15) is 29.3 Å². The minimum Gasteiger partial charge on any atom is -0.494 e. The topological polar surface area (TPSA) is 38.3 Å². The SMILES string of the molecule is CCOc1ccccc1CCCNC(=O)c1ccccc1Br. The van der Waals surface area contributed by atoms with E-state index in [0.717, 1.165) is 23.1 Å². The number of ether oxygens (including phenoxy) is 1. The van der Waals surface area contributed by atoms with E-state index in [-0.39, 0.29) is 5.91 Å². The first-order valence-corrected chi connectivity index (χ1v) is 8.25. The van der Waals surface area contributed by atoms with Gasteiger partial charge in [0.15, 0.2) is 0 Å². The summed E-state index contributed by atoms with van der Waals surface area (Å²) < 4.78 is 6.42. The molecule has 0 saturated heterocycles. The van der Waals surface area contributed by atoms with Crippen LogP contribution in [0.15, 0.2) is 53.0 Å². The molecule has 22 heavy (non-hydrogen) atoms. The van der Waals surface area contributed by atoms with Crippen LogP contribution in [0.2, 0.25) is 0 Å². The molecule has 1 N–H and O–H groups in total. The van der Waals surface area contributed by atoms with E-state index in [0.29, 0.717) is 18.7 Å². The van der Waals surface area contributed by atoms with Crippen molar-refractivity contribution in [2.24, 2.45) is 0 Å². The lowest BCUT2D eigenvalue weighted by molar-refractivity contribution is 0.0952. The summed E-state index contributed by atoms with van der Waals surface area (Å²) >= 11 is 3.39. The van der Waals surface area contributed by atoms with Gasteiger partial charge in [-0.3, -0.25) is 4.79 Å². The van der Waals surface area contributed by atoms with Crippen molar-refractivity contribution < 1.29 is 9.53 Å². The van der Waals surface area contributed by atoms with Crippen molar-refractivity contribution >= 4 is 21.8 Å². The molecule has 0 fully saturated rings. The molecule has 0 unspecified atom stereocenters. The number of rotatable bonds is 7. The number of halogens is 1. The highest BCUT2D eigenvalue weighted by atomic mass is 79.9. The second kappa shape index (κ2) is 8.59. The van der Waals surface area contributed by atoms with E-state index in [4.69, 9.17) is 4.74 Å². The van der Waals surface area contributed by atoms with E-state index in [9.17, 15) is 4.79 Å². The Morgan fingerprint density at radius 2 is 1.86 bits per heavy atom. The number of benzene rings is 2. The van der Waals surface area contributed by atoms with Crippen molar-refractivity contribution in [3.63, 3.8) is 0 Å². The number of carbonyl (C=O) groups excluding carboxylic acids is 1. The molecule has 0 heterocycles. The Morgan fingerprint density at radius 1 is 1.14 bits per heavy atom. The summed E-state index contributed by atoms with van der Waals surface area (Å²) in [7, 11) is 0. The zero-order valence-corrected chi connectivity index (χ0v) is 14.2. The maximum Gasteiger partial charge on any atom is 0.252 e. The average molecular weight is 362 g/mol. The first-order chi connectivity index (χ1) is 10.7. The summed E-state index contributed by atoms with van der Waals surface area (Å²) in [6, 6.07) is 15.5. The zero-order chi connectivity index (χ0) is 15.8. The number of carbonyl (C=O) groups is 1. The van der Waals surface area contributed by atoms with Gasteiger partial charge in [-0.25, -0.2) is 0 Å². The van der Waals surface area contributed by atoms with Gasteiger partial charge in [-0.2, -0.15) is 0 Å². The van der Waals surface area contributed by atoms with Crippen LogP contribution in [0.25, 0.3) is 0 Å². The Balaban J connectivity index is 1.83. The molecule has 0 aromatic heterocycles. The minimum absolute atomic E-state index is 0.0504. The third-order valence-electron chi connectivity index (χ3n) is 3.30. The molecule has 2 aromatic carbocycles. The number of hydrogen-bond acceptors (Lipinski definition) is 2. The summed E-state index contributed by atoms with van der Waals surface area (Å²) in [6.07, 6.45) is 1.76. The van der Waals surface area contributed by atoms with Gasteiger partial charge in [0, 0.05) is 11.0 Å². The van der Waals surface area contributed by atoms with Crippen LogP contribution < -0.4 is 10.1 Å². The van der Waals surface area contributed by atoms with Crippen molar-refractivity contribution in [3.8, 4) is 5.75 Å². The van der Waals surface area contributed by atoms with E-state index < -0.39 is 0 Å². The van der Waals surface area contributed by atoms with Crippen LogP contribution in [0, 0.1) is 0 Å². The number of amides is 1. The molecule has 0 aliphatic heterocycles. The molecule has 0 saturated carbocycles. The van der Waals surface area contributed by atoms with Gasteiger partial charge in [0.2, 0.25) is 0 Å². The van der Waals surface area contributed by atoms with E-state index in [2.05, 4.69) is 27.3 Å². The van der Waals surface area contributed by atoms with Crippen LogP contribution in [0.4, 0.5) is 0 Å². The maximum atomic E-state index is 12.1. The van der Waals surface area contributed by atoms with Gasteiger partial charge in [0.05, 0.1) is 12.2 Å². The molecular formula is C18H20BrNO2. The first-order valence-electron chi connectivity index (χ1n) is 7.45. The highest BCUT2D eigenvalue weighted by Crippen LogP contribution is 2.19. The van der Waals surface area contributed by atoms with Crippen LogP contribution in [0.3, 0.4) is 0 Å². The van der Waals surface area contributed by atoms with Crippen LogP contribution >= 0.6 is 15.9 Å². The first kappa shape index (κ1) is 16.6. The van der Waals surface area contributed by atoms with Crippen molar-refractivity contribution in [1.29, 1.82) is 0 Å². The summed E-state index contributed by atoms with van der Waals surface area (Å²) in [6.45, 7) is 3.28. The lowest BCUT2D eigenvalue weighted by Crippen LogP contribution is -2.25. The molecule has 0 radical (unpaired) electrons. The molecule has 0 aliphatic carbocycles. The summed E-state index contributed by atoms with van der Waals surface area (Å²) in [4.78, 5) is 12.1. The predicted molar refractivity (Wildman–Crippen MR) is 92.4 cm³/mol. The molecule has 0 aliphatic rings. The van der Waals surface area contributed by atoms with Gasteiger partial charge in [-0.15, -0.1) is 0 Å². The number of para-hydroxylation sites is 1.